The van der Waals surface area contributed by atoms with Gasteiger partial charge in [-0.05, 0) is 42.7 Å². The monoisotopic (exact) mass is 378 g/mol. The smallest absolute Gasteiger partial charge is 0.179 e. The predicted molar refractivity (Wildman–Crippen MR) is 108 cm³/mol. The zero-order chi connectivity index (χ0) is 19.4. The minimum atomic E-state index is -3.60. The molecule has 3 nitrogen and oxygen atoms in total. The van der Waals surface area contributed by atoms with Gasteiger partial charge in [-0.15, -0.1) is 0 Å². The van der Waals surface area contributed by atoms with E-state index >= 15 is 0 Å². The summed E-state index contributed by atoms with van der Waals surface area (Å²) in [7, 11) is -3.60. The number of benzene rings is 3. The molecule has 0 saturated heterocycles. The van der Waals surface area contributed by atoms with Crippen molar-refractivity contribution in [3.05, 3.63) is 101 Å². The molecular weight excluding hydrogens is 356 g/mol. The summed E-state index contributed by atoms with van der Waals surface area (Å²) in [6, 6.07) is 22.9. The van der Waals surface area contributed by atoms with E-state index in [0.717, 1.165) is 16.7 Å². The molecule has 138 valence electrons. The van der Waals surface area contributed by atoms with Gasteiger partial charge in [0.2, 0.25) is 0 Å². The summed E-state index contributed by atoms with van der Waals surface area (Å²) in [6.45, 7) is 3.96. The summed E-state index contributed by atoms with van der Waals surface area (Å²) >= 11 is 0. The Hall–Kier alpha value is -2.72. The summed E-state index contributed by atoms with van der Waals surface area (Å²) in [5.74, 6) is -1.19. The predicted octanol–water partition coefficient (Wildman–Crippen LogP) is 4.74. The Morgan fingerprint density at radius 1 is 0.815 bits per heavy atom. The number of carbonyl (C=O) groups excluding carboxylic acids is 1. The number of sulfone groups is 1. The molecule has 1 atom stereocenters. The van der Waals surface area contributed by atoms with Crippen molar-refractivity contribution in [2.45, 2.75) is 24.7 Å². The van der Waals surface area contributed by atoms with Crippen LogP contribution < -0.4 is 0 Å². The molecule has 0 aliphatic rings. The van der Waals surface area contributed by atoms with Gasteiger partial charge in [-0.3, -0.25) is 4.79 Å². The molecule has 4 heteroatoms. The van der Waals surface area contributed by atoms with Gasteiger partial charge in [0.05, 0.1) is 16.6 Å². The lowest BCUT2D eigenvalue weighted by Crippen LogP contribution is -2.23. The Morgan fingerprint density at radius 3 is 2.00 bits per heavy atom. The minimum Gasteiger partial charge on any atom is -0.293 e. The van der Waals surface area contributed by atoms with Crippen molar-refractivity contribution < 1.29 is 13.2 Å². The standard InChI is InChI=1S/C23H22O3S/c1-17-13-14-20(15-18(17)2)22(23(24)19-9-5-3-6-10-19)16-27(25,26)21-11-7-4-8-12-21/h3-15,22H,16H2,1-2H3. The Bertz CT molecular complexity index is 1040. The largest absolute Gasteiger partial charge is 0.293 e. The topological polar surface area (TPSA) is 51.2 Å². The second kappa shape index (κ2) is 7.89. The van der Waals surface area contributed by atoms with E-state index in [0.29, 0.717) is 5.56 Å². The maximum absolute atomic E-state index is 13.2. The summed E-state index contributed by atoms with van der Waals surface area (Å²) in [4.78, 5) is 13.4. The average molecular weight is 378 g/mol. The number of carbonyl (C=O) groups is 1. The highest BCUT2D eigenvalue weighted by Crippen LogP contribution is 2.27. The van der Waals surface area contributed by atoms with Crippen LogP contribution in [0, 0.1) is 13.8 Å². The Labute approximate surface area is 160 Å². The molecule has 0 saturated carbocycles. The van der Waals surface area contributed by atoms with Crippen LogP contribution in [0.4, 0.5) is 0 Å². The average Bonchev–Trinajstić information content (AvgIpc) is 2.69. The fraction of sp³-hybridized carbons (Fsp3) is 0.174. The maximum atomic E-state index is 13.2. The van der Waals surface area contributed by atoms with Gasteiger partial charge < -0.3 is 0 Å². The van der Waals surface area contributed by atoms with Crippen LogP contribution in [0.1, 0.15) is 33.0 Å². The molecule has 3 aromatic carbocycles. The van der Waals surface area contributed by atoms with E-state index in [-0.39, 0.29) is 16.4 Å². The normalized spacial score (nSPS) is 12.5. The first-order valence-corrected chi connectivity index (χ1v) is 10.5. The van der Waals surface area contributed by atoms with Crippen molar-refractivity contribution in [1.29, 1.82) is 0 Å². The van der Waals surface area contributed by atoms with Crippen molar-refractivity contribution in [2.24, 2.45) is 0 Å². The Kier molecular flexibility index (Phi) is 5.57. The molecule has 0 bridgehead atoms. The second-order valence-electron chi connectivity index (χ2n) is 6.72. The quantitative estimate of drug-likeness (QED) is 0.582. The highest BCUT2D eigenvalue weighted by atomic mass is 32.2. The molecule has 0 heterocycles. The number of Topliss-reactive ketones (excluding diaryl/α,β-unsaturated/α-hetero) is 1. The molecule has 27 heavy (non-hydrogen) atoms. The third kappa shape index (κ3) is 4.34. The molecule has 0 fully saturated rings. The number of rotatable bonds is 6. The number of hydrogen-bond acceptors (Lipinski definition) is 3. The molecular formula is C23H22O3S. The van der Waals surface area contributed by atoms with E-state index in [4.69, 9.17) is 0 Å². The van der Waals surface area contributed by atoms with Gasteiger partial charge in [0.1, 0.15) is 0 Å². The molecule has 0 aromatic heterocycles. The van der Waals surface area contributed by atoms with Gasteiger partial charge in [-0.25, -0.2) is 8.42 Å². The minimum absolute atomic E-state index is 0.182. The Balaban J connectivity index is 2.04. The van der Waals surface area contributed by atoms with E-state index in [1.165, 1.54) is 0 Å². The molecule has 0 spiro atoms. The molecule has 0 aliphatic heterocycles. The van der Waals surface area contributed by atoms with Gasteiger partial charge in [-0.1, -0.05) is 66.7 Å². The summed E-state index contributed by atoms with van der Waals surface area (Å²) in [5.41, 5.74) is 3.39. The third-order valence-corrected chi connectivity index (χ3v) is 6.56. The highest BCUT2D eigenvalue weighted by molar-refractivity contribution is 7.91. The van der Waals surface area contributed by atoms with Gasteiger partial charge in [-0.2, -0.15) is 0 Å². The molecule has 1 unspecified atom stereocenters. The molecule has 0 radical (unpaired) electrons. The highest BCUT2D eigenvalue weighted by Gasteiger charge is 2.29. The van der Waals surface area contributed by atoms with Crippen molar-refractivity contribution in [3.8, 4) is 0 Å². The zero-order valence-electron chi connectivity index (χ0n) is 15.4. The van der Waals surface area contributed by atoms with Crippen LogP contribution in [0.25, 0.3) is 0 Å². The van der Waals surface area contributed by atoms with E-state index in [1.807, 2.05) is 38.1 Å². The molecule has 0 amide bonds. The first-order chi connectivity index (χ1) is 12.9. The van der Waals surface area contributed by atoms with Crippen LogP contribution >= 0.6 is 0 Å². The summed E-state index contributed by atoms with van der Waals surface area (Å²) in [5, 5.41) is 0. The number of aryl methyl sites for hydroxylation is 2. The van der Waals surface area contributed by atoms with Gasteiger partial charge in [0, 0.05) is 5.56 Å². The molecule has 3 rings (SSSR count). The van der Waals surface area contributed by atoms with Crippen molar-refractivity contribution in [1.82, 2.24) is 0 Å². The van der Waals surface area contributed by atoms with Gasteiger partial charge in [0.25, 0.3) is 0 Å². The zero-order valence-corrected chi connectivity index (χ0v) is 16.2. The third-order valence-electron chi connectivity index (χ3n) is 4.80. The van der Waals surface area contributed by atoms with Crippen LogP contribution in [0.3, 0.4) is 0 Å². The van der Waals surface area contributed by atoms with E-state index in [1.54, 1.807) is 54.6 Å². The first-order valence-electron chi connectivity index (χ1n) is 8.83. The maximum Gasteiger partial charge on any atom is 0.179 e. The fourth-order valence-electron chi connectivity index (χ4n) is 3.05. The van der Waals surface area contributed by atoms with E-state index < -0.39 is 15.8 Å². The second-order valence-corrected chi connectivity index (χ2v) is 8.76. The molecule has 0 N–H and O–H groups in total. The van der Waals surface area contributed by atoms with Gasteiger partial charge in [0.15, 0.2) is 15.6 Å². The van der Waals surface area contributed by atoms with E-state index in [9.17, 15) is 13.2 Å². The molecule has 3 aromatic rings. The lowest BCUT2D eigenvalue weighted by Gasteiger charge is -2.18. The fourth-order valence-corrected chi connectivity index (χ4v) is 4.60. The van der Waals surface area contributed by atoms with Crippen LogP contribution in [0.15, 0.2) is 83.8 Å². The Morgan fingerprint density at radius 2 is 1.41 bits per heavy atom. The van der Waals surface area contributed by atoms with E-state index in [2.05, 4.69) is 0 Å². The van der Waals surface area contributed by atoms with Crippen LogP contribution in [0.2, 0.25) is 0 Å². The SMILES string of the molecule is Cc1ccc(C(CS(=O)(=O)c2ccccc2)C(=O)c2ccccc2)cc1C. The van der Waals surface area contributed by atoms with Crippen molar-refractivity contribution >= 4 is 15.6 Å². The van der Waals surface area contributed by atoms with Gasteiger partial charge >= 0.3 is 0 Å². The molecule has 0 aliphatic carbocycles. The summed E-state index contributed by atoms with van der Waals surface area (Å²) in [6.07, 6.45) is 0. The number of hydrogen-bond donors (Lipinski definition) is 0. The van der Waals surface area contributed by atoms with Crippen LogP contribution in [0.5, 0.6) is 0 Å². The van der Waals surface area contributed by atoms with Crippen molar-refractivity contribution in [3.63, 3.8) is 0 Å². The van der Waals surface area contributed by atoms with Crippen molar-refractivity contribution in [2.75, 3.05) is 5.75 Å². The first kappa shape index (κ1) is 19.1. The van der Waals surface area contributed by atoms with Crippen LogP contribution in [-0.2, 0) is 9.84 Å². The lowest BCUT2D eigenvalue weighted by molar-refractivity contribution is 0.0967. The number of ketones is 1. The summed E-state index contributed by atoms with van der Waals surface area (Å²) < 4.78 is 25.9. The lowest BCUT2D eigenvalue weighted by atomic mass is 9.90. The van der Waals surface area contributed by atoms with Crippen LogP contribution in [-0.4, -0.2) is 20.0 Å².